The fraction of sp³-hybridized carbons (Fsp3) is 0.0968. The summed E-state index contributed by atoms with van der Waals surface area (Å²) in [6, 6.07) is 37.5. The van der Waals surface area contributed by atoms with E-state index in [-0.39, 0.29) is 11.9 Å². The van der Waals surface area contributed by atoms with Gasteiger partial charge in [-0.3, -0.25) is 9.89 Å². The Morgan fingerprint density at radius 3 is 2.28 bits per heavy atom. The highest BCUT2D eigenvalue weighted by molar-refractivity contribution is 5.95. The van der Waals surface area contributed by atoms with E-state index in [1.807, 2.05) is 91.0 Å². The first kappa shape index (κ1) is 23.1. The Balaban J connectivity index is 1.32. The number of carbonyl (C=O) groups excluding carboxylic acids is 1. The van der Waals surface area contributed by atoms with E-state index in [4.69, 9.17) is 4.74 Å². The predicted octanol–water partition coefficient (Wildman–Crippen LogP) is 6.47. The number of H-pyrrole nitrogens is 1. The molecule has 178 valence electrons. The molecule has 2 N–H and O–H groups in total. The molecule has 5 nitrogen and oxygen atoms in total. The van der Waals surface area contributed by atoms with Gasteiger partial charge in [0.15, 0.2) is 0 Å². The number of methoxy groups -OCH3 is 1. The maximum atomic E-state index is 13.2. The van der Waals surface area contributed by atoms with Crippen LogP contribution in [-0.2, 0) is 6.42 Å². The Kier molecular flexibility index (Phi) is 6.90. The molecule has 0 aliphatic carbocycles. The summed E-state index contributed by atoms with van der Waals surface area (Å²) in [4.78, 5) is 13.2. The summed E-state index contributed by atoms with van der Waals surface area (Å²) in [5.41, 5.74) is 6.50. The molecule has 5 rings (SSSR count). The van der Waals surface area contributed by atoms with Crippen LogP contribution in [0.2, 0.25) is 0 Å². The third kappa shape index (κ3) is 5.36. The van der Waals surface area contributed by atoms with Crippen LogP contribution in [0.3, 0.4) is 0 Å². The Morgan fingerprint density at radius 2 is 1.56 bits per heavy atom. The number of hydrogen-bond acceptors (Lipinski definition) is 3. The van der Waals surface area contributed by atoms with Gasteiger partial charge in [-0.05, 0) is 53.4 Å². The zero-order chi connectivity index (χ0) is 24.7. The molecule has 0 saturated carbocycles. The molecule has 1 heterocycles. The minimum Gasteiger partial charge on any atom is -0.497 e. The topological polar surface area (TPSA) is 67.0 Å². The number of aromatic amines is 1. The Labute approximate surface area is 210 Å². The van der Waals surface area contributed by atoms with Crippen molar-refractivity contribution in [3.63, 3.8) is 0 Å². The minimum atomic E-state index is -0.126. The third-order valence-electron chi connectivity index (χ3n) is 6.19. The molecule has 0 fully saturated rings. The van der Waals surface area contributed by atoms with E-state index in [2.05, 4.69) is 39.8 Å². The zero-order valence-electron chi connectivity index (χ0n) is 20.0. The van der Waals surface area contributed by atoms with Crippen LogP contribution in [0.4, 0.5) is 0 Å². The number of amides is 1. The zero-order valence-corrected chi connectivity index (χ0v) is 20.0. The molecule has 0 spiro atoms. The fourth-order valence-corrected chi connectivity index (χ4v) is 4.23. The second kappa shape index (κ2) is 10.7. The summed E-state index contributed by atoms with van der Waals surface area (Å²) in [6.45, 7) is 0. The van der Waals surface area contributed by atoms with Gasteiger partial charge < -0.3 is 10.1 Å². The molecular formula is C31H27N3O2. The molecule has 36 heavy (non-hydrogen) atoms. The van der Waals surface area contributed by atoms with Crippen LogP contribution in [0.25, 0.3) is 22.5 Å². The third-order valence-corrected chi connectivity index (χ3v) is 6.19. The van der Waals surface area contributed by atoms with Crippen molar-refractivity contribution in [1.82, 2.24) is 15.5 Å². The maximum absolute atomic E-state index is 13.2. The highest BCUT2D eigenvalue weighted by Gasteiger charge is 2.17. The normalized spacial score (nSPS) is 11.6. The van der Waals surface area contributed by atoms with E-state index >= 15 is 0 Å². The molecule has 1 atom stereocenters. The largest absolute Gasteiger partial charge is 0.497 e. The van der Waals surface area contributed by atoms with Crippen molar-refractivity contribution < 1.29 is 9.53 Å². The molecular weight excluding hydrogens is 446 g/mol. The summed E-state index contributed by atoms with van der Waals surface area (Å²) in [5, 5.41) is 10.8. The lowest BCUT2D eigenvalue weighted by molar-refractivity contribution is 0.0936. The molecule has 0 aliphatic heterocycles. The number of carbonyl (C=O) groups is 1. The summed E-state index contributed by atoms with van der Waals surface area (Å²) in [6.07, 6.45) is 0.718. The highest BCUT2D eigenvalue weighted by Crippen LogP contribution is 2.27. The van der Waals surface area contributed by atoms with Gasteiger partial charge in [-0.15, -0.1) is 0 Å². The molecule has 4 aromatic carbocycles. The predicted molar refractivity (Wildman–Crippen MR) is 143 cm³/mol. The van der Waals surface area contributed by atoms with E-state index in [0.717, 1.165) is 40.2 Å². The Bertz CT molecular complexity index is 1430. The highest BCUT2D eigenvalue weighted by atomic mass is 16.5. The lowest BCUT2D eigenvalue weighted by Gasteiger charge is -2.20. The van der Waals surface area contributed by atoms with Crippen molar-refractivity contribution in [2.24, 2.45) is 0 Å². The van der Waals surface area contributed by atoms with Gasteiger partial charge in [0, 0.05) is 11.1 Å². The maximum Gasteiger partial charge on any atom is 0.251 e. The van der Waals surface area contributed by atoms with Crippen molar-refractivity contribution in [1.29, 1.82) is 0 Å². The van der Waals surface area contributed by atoms with E-state index in [9.17, 15) is 4.79 Å². The number of hydrogen-bond donors (Lipinski definition) is 2. The summed E-state index contributed by atoms with van der Waals surface area (Å²) in [7, 11) is 1.65. The van der Waals surface area contributed by atoms with Crippen LogP contribution < -0.4 is 10.1 Å². The first-order valence-corrected chi connectivity index (χ1v) is 11.9. The SMILES string of the molecule is COc1cccc(-c2cc(-c3ccc(C(=O)NC(Cc4ccccc4)c4ccccc4)cc3)[nH]n2)c1. The van der Waals surface area contributed by atoms with E-state index in [1.54, 1.807) is 7.11 Å². The van der Waals surface area contributed by atoms with Gasteiger partial charge in [0.2, 0.25) is 0 Å². The van der Waals surface area contributed by atoms with Crippen LogP contribution in [0.5, 0.6) is 5.75 Å². The van der Waals surface area contributed by atoms with Crippen LogP contribution in [0, 0.1) is 0 Å². The number of aromatic nitrogens is 2. The Hall–Kier alpha value is -4.64. The number of nitrogens with one attached hydrogen (secondary N) is 2. The second-order valence-corrected chi connectivity index (χ2v) is 8.60. The number of rotatable bonds is 8. The van der Waals surface area contributed by atoms with E-state index in [0.29, 0.717) is 5.56 Å². The number of benzene rings is 4. The van der Waals surface area contributed by atoms with Crippen molar-refractivity contribution in [3.05, 3.63) is 132 Å². The molecule has 0 radical (unpaired) electrons. The van der Waals surface area contributed by atoms with Crippen molar-refractivity contribution >= 4 is 5.91 Å². The summed E-state index contributed by atoms with van der Waals surface area (Å²) < 4.78 is 5.32. The van der Waals surface area contributed by atoms with Gasteiger partial charge in [-0.2, -0.15) is 5.10 Å². The Morgan fingerprint density at radius 1 is 0.833 bits per heavy atom. The van der Waals surface area contributed by atoms with Crippen LogP contribution >= 0.6 is 0 Å². The lowest BCUT2D eigenvalue weighted by atomic mass is 9.98. The fourth-order valence-electron chi connectivity index (χ4n) is 4.23. The second-order valence-electron chi connectivity index (χ2n) is 8.60. The molecule has 1 unspecified atom stereocenters. The standard InChI is InChI=1S/C31H27N3O2/c1-36-27-14-8-13-26(20-27)30-21-29(33-34-30)24-15-17-25(18-16-24)31(35)32-28(23-11-6-3-7-12-23)19-22-9-4-2-5-10-22/h2-18,20-21,28H,19H2,1H3,(H,32,35)(H,33,34). The molecule has 5 aromatic rings. The van der Waals surface area contributed by atoms with Crippen LogP contribution in [0.1, 0.15) is 27.5 Å². The lowest BCUT2D eigenvalue weighted by Crippen LogP contribution is -2.30. The average molecular weight is 474 g/mol. The van der Waals surface area contributed by atoms with Crippen LogP contribution in [0.15, 0.2) is 115 Å². The first-order valence-electron chi connectivity index (χ1n) is 11.9. The molecule has 0 aliphatic rings. The quantitative estimate of drug-likeness (QED) is 0.272. The molecule has 1 amide bonds. The van der Waals surface area contributed by atoms with Crippen molar-refractivity contribution in [2.75, 3.05) is 7.11 Å². The summed E-state index contributed by atoms with van der Waals surface area (Å²) >= 11 is 0. The van der Waals surface area contributed by atoms with Gasteiger partial charge in [0.05, 0.1) is 24.5 Å². The van der Waals surface area contributed by atoms with E-state index in [1.165, 1.54) is 5.56 Å². The molecule has 5 heteroatoms. The van der Waals surface area contributed by atoms with Gasteiger partial charge in [0.1, 0.15) is 5.75 Å². The monoisotopic (exact) mass is 473 g/mol. The van der Waals surface area contributed by atoms with Gasteiger partial charge in [-0.25, -0.2) is 0 Å². The van der Waals surface area contributed by atoms with Gasteiger partial charge in [0.25, 0.3) is 5.91 Å². The van der Waals surface area contributed by atoms with E-state index < -0.39 is 0 Å². The van der Waals surface area contributed by atoms with Crippen molar-refractivity contribution in [3.8, 4) is 28.3 Å². The molecule has 0 bridgehead atoms. The molecule has 0 saturated heterocycles. The summed E-state index contributed by atoms with van der Waals surface area (Å²) in [5.74, 6) is 0.682. The van der Waals surface area contributed by atoms with Crippen molar-refractivity contribution in [2.45, 2.75) is 12.5 Å². The first-order chi connectivity index (χ1) is 17.7. The number of nitrogens with zero attached hydrogens (tertiary/aromatic N) is 1. The minimum absolute atomic E-state index is 0.104. The number of ether oxygens (including phenoxy) is 1. The van der Waals surface area contributed by atoms with Crippen LogP contribution in [-0.4, -0.2) is 23.2 Å². The van der Waals surface area contributed by atoms with Gasteiger partial charge in [-0.1, -0.05) is 84.9 Å². The molecule has 1 aromatic heterocycles. The smallest absolute Gasteiger partial charge is 0.251 e. The average Bonchev–Trinajstić information content (AvgIpc) is 3.44. The van der Waals surface area contributed by atoms with Gasteiger partial charge >= 0.3 is 0 Å².